The lowest BCUT2D eigenvalue weighted by Crippen LogP contribution is -2.38. The minimum atomic E-state index is 0.182. The number of hydrogen-bond acceptors (Lipinski definition) is 4. The van der Waals surface area contributed by atoms with Crippen molar-refractivity contribution in [3.63, 3.8) is 0 Å². The molecular formula is C19H25N5O. The molecule has 1 aliphatic heterocycles. The number of rotatable bonds is 4. The molecule has 0 aromatic carbocycles. The van der Waals surface area contributed by atoms with E-state index in [4.69, 9.17) is 0 Å². The van der Waals surface area contributed by atoms with Gasteiger partial charge in [-0.05, 0) is 62.3 Å². The Bertz CT molecular complexity index is 754. The predicted molar refractivity (Wildman–Crippen MR) is 92.8 cm³/mol. The van der Waals surface area contributed by atoms with Crippen molar-refractivity contribution in [3.8, 4) is 0 Å². The Morgan fingerprint density at radius 3 is 3.00 bits per heavy atom. The van der Waals surface area contributed by atoms with E-state index in [0.29, 0.717) is 17.6 Å². The normalized spacial score (nSPS) is 31.3. The van der Waals surface area contributed by atoms with Crippen LogP contribution < -0.4 is 0 Å². The standard InChI is InChI=1S/C19H25N5O/c25-18(12-17-21-19-20-6-2-8-24(19)22-17)23-7-1-3-16(23)11-15-10-13-4-5-14(15)9-13/h2,6,8,13-16H,1,3-5,7,9-12H2/t13-,14-,15+,16-/m0/s1. The summed E-state index contributed by atoms with van der Waals surface area (Å²) in [4.78, 5) is 23.5. The van der Waals surface area contributed by atoms with E-state index in [-0.39, 0.29) is 12.3 Å². The largest absolute Gasteiger partial charge is 0.339 e. The van der Waals surface area contributed by atoms with E-state index >= 15 is 0 Å². The molecule has 0 spiro atoms. The zero-order valence-corrected chi connectivity index (χ0v) is 14.5. The summed E-state index contributed by atoms with van der Waals surface area (Å²) in [5, 5.41) is 4.38. The molecule has 3 fully saturated rings. The molecule has 25 heavy (non-hydrogen) atoms. The third-order valence-corrected chi connectivity index (χ3v) is 6.63. The minimum absolute atomic E-state index is 0.182. The molecule has 3 heterocycles. The average molecular weight is 339 g/mol. The van der Waals surface area contributed by atoms with Crippen molar-refractivity contribution in [2.75, 3.05) is 6.54 Å². The Balaban J connectivity index is 1.25. The van der Waals surface area contributed by atoms with E-state index in [1.807, 2.05) is 12.3 Å². The van der Waals surface area contributed by atoms with Crippen molar-refractivity contribution in [2.45, 2.75) is 57.4 Å². The Hall–Kier alpha value is -1.98. The highest BCUT2D eigenvalue weighted by Crippen LogP contribution is 2.50. The molecule has 132 valence electrons. The van der Waals surface area contributed by atoms with Crippen molar-refractivity contribution in [2.24, 2.45) is 17.8 Å². The second-order valence-corrected chi connectivity index (χ2v) is 8.12. The summed E-state index contributed by atoms with van der Waals surface area (Å²) in [6.07, 6.45) is 13.0. The van der Waals surface area contributed by atoms with Gasteiger partial charge in [-0.25, -0.2) is 9.50 Å². The van der Waals surface area contributed by atoms with E-state index < -0.39 is 0 Å². The summed E-state index contributed by atoms with van der Waals surface area (Å²) in [5.41, 5.74) is 0. The highest BCUT2D eigenvalue weighted by molar-refractivity contribution is 5.78. The van der Waals surface area contributed by atoms with E-state index in [0.717, 1.165) is 30.7 Å². The van der Waals surface area contributed by atoms with Crippen LogP contribution in [0.1, 0.15) is 50.8 Å². The number of carbonyl (C=O) groups excluding carboxylic acids is 1. The van der Waals surface area contributed by atoms with Crippen molar-refractivity contribution < 1.29 is 4.79 Å². The van der Waals surface area contributed by atoms with E-state index in [2.05, 4.69) is 20.0 Å². The number of likely N-dealkylation sites (tertiary alicyclic amines) is 1. The summed E-state index contributed by atoms with van der Waals surface area (Å²) >= 11 is 0. The zero-order valence-electron chi connectivity index (χ0n) is 14.5. The van der Waals surface area contributed by atoms with Gasteiger partial charge in [0.05, 0.1) is 6.42 Å². The highest BCUT2D eigenvalue weighted by atomic mass is 16.2. The number of carbonyl (C=O) groups is 1. The fourth-order valence-corrected chi connectivity index (χ4v) is 5.51. The van der Waals surface area contributed by atoms with Crippen LogP contribution in [0.25, 0.3) is 5.78 Å². The van der Waals surface area contributed by atoms with Crippen LogP contribution in [0.3, 0.4) is 0 Å². The number of nitrogens with zero attached hydrogens (tertiary/aromatic N) is 5. The molecule has 4 atom stereocenters. The number of aromatic nitrogens is 4. The van der Waals surface area contributed by atoms with Gasteiger partial charge < -0.3 is 4.90 Å². The van der Waals surface area contributed by atoms with Gasteiger partial charge >= 0.3 is 0 Å². The first-order valence-electron chi connectivity index (χ1n) is 9.72. The van der Waals surface area contributed by atoms with Gasteiger partial charge in [0, 0.05) is 25.0 Å². The van der Waals surface area contributed by atoms with Crippen LogP contribution in [-0.2, 0) is 11.2 Å². The van der Waals surface area contributed by atoms with Crippen LogP contribution in [0.4, 0.5) is 0 Å². The average Bonchev–Trinajstić information content (AvgIpc) is 3.38. The molecule has 0 radical (unpaired) electrons. The molecule has 0 unspecified atom stereocenters. The van der Waals surface area contributed by atoms with Crippen LogP contribution in [0.2, 0.25) is 0 Å². The predicted octanol–water partition coefficient (Wildman–Crippen LogP) is 2.48. The molecule has 0 N–H and O–H groups in total. The molecule has 3 aliphatic rings. The minimum Gasteiger partial charge on any atom is -0.339 e. The van der Waals surface area contributed by atoms with E-state index in [1.165, 1.54) is 38.5 Å². The fourth-order valence-electron chi connectivity index (χ4n) is 5.51. The molecule has 1 amide bonds. The summed E-state index contributed by atoms with van der Waals surface area (Å²) < 4.78 is 1.64. The van der Waals surface area contributed by atoms with Gasteiger partial charge in [-0.15, -0.1) is 5.10 Å². The van der Waals surface area contributed by atoms with E-state index in [1.54, 1.807) is 10.7 Å². The first kappa shape index (κ1) is 15.3. The van der Waals surface area contributed by atoms with Crippen LogP contribution >= 0.6 is 0 Å². The summed E-state index contributed by atoms with van der Waals surface area (Å²) in [6, 6.07) is 2.26. The van der Waals surface area contributed by atoms with Crippen molar-refractivity contribution in [1.82, 2.24) is 24.5 Å². The number of hydrogen-bond donors (Lipinski definition) is 0. The molecular weight excluding hydrogens is 314 g/mol. The molecule has 2 aliphatic carbocycles. The maximum Gasteiger partial charge on any atom is 0.252 e. The molecule has 2 bridgehead atoms. The quantitative estimate of drug-likeness (QED) is 0.858. The first-order valence-corrected chi connectivity index (χ1v) is 9.72. The maximum atomic E-state index is 12.9. The van der Waals surface area contributed by atoms with Crippen LogP contribution in [0, 0.1) is 17.8 Å². The van der Waals surface area contributed by atoms with Crippen molar-refractivity contribution in [3.05, 3.63) is 24.3 Å². The summed E-state index contributed by atoms with van der Waals surface area (Å²) in [6.45, 7) is 0.899. The summed E-state index contributed by atoms with van der Waals surface area (Å²) in [7, 11) is 0. The monoisotopic (exact) mass is 339 g/mol. The fraction of sp³-hybridized carbons (Fsp3) is 0.684. The molecule has 2 aromatic heterocycles. The van der Waals surface area contributed by atoms with Crippen LogP contribution in [0.5, 0.6) is 0 Å². The second-order valence-electron chi connectivity index (χ2n) is 8.12. The van der Waals surface area contributed by atoms with Crippen molar-refractivity contribution in [1.29, 1.82) is 0 Å². The molecule has 6 heteroatoms. The lowest BCUT2D eigenvalue weighted by molar-refractivity contribution is -0.131. The number of amides is 1. The SMILES string of the molecule is O=C(Cc1nc2ncccn2n1)N1CCC[C@H]1C[C@H]1C[C@H]2CC[C@H]1C2. The third-order valence-electron chi connectivity index (χ3n) is 6.63. The maximum absolute atomic E-state index is 12.9. The number of fused-ring (bicyclic) bond motifs is 3. The van der Waals surface area contributed by atoms with Gasteiger partial charge in [0.1, 0.15) is 0 Å². The molecule has 5 rings (SSSR count). The second kappa shape index (κ2) is 6.07. The Kier molecular flexibility index (Phi) is 3.71. The topological polar surface area (TPSA) is 63.4 Å². The zero-order chi connectivity index (χ0) is 16.8. The lowest BCUT2D eigenvalue weighted by atomic mass is 9.83. The van der Waals surface area contributed by atoms with Crippen LogP contribution in [0.15, 0.2) is 18.5 Å². The molecule has 2 saturated carbocycles. The Labute approximate surface area is 147 Å². The summed E-state index contributed by atoms with van der Waals surface area (Å²) in [5.74, 6) is 4.10. The molecule has 2 aromatic rings. The Morgan fingerprint density at radius 1 is 1.24 bits per heavy atom. The van der Waals surface area contributed by atoms with Crippen LogP contribution in [-0.4, -0.2) is 43.0 Å². The molecule has 1 saturated heterocycles. The van der Waals surface area contributed by atoms with Gasteiger partial charge in [-0.2, -0.15) is 4.98 Å². The van der Waals surface area contributed by atoms with E-state index in [9.17, 15) is 4.79 Å². The first-order chi connectivity index (χ1) is 12.3. The lowest BCUT2D eigenvalue weighted by Gasteiger charge is -2.30. The van der Waals surface area contributed by atoms with Gasteiger partial charge in [0.15, 0.2) is 5.82 Å². The van der Waals surface area contributed by atoms with Gasteiger partial charge in [-0.3, -0.25) is 4.79 Å². The van der Waals surface area contributed by atoms with Gasteiger partial charge in [0.2, 0.25) is 5.91 Å². The smallest absolute Gasteiger partial charge is 0.252 e. The third kappa shape index (κ3) is 2.81. The highest BCUT2D eigenvalue weighted by Gasteiger charge is 2.42. The molecule has 6 nitrogen and oxygen atoms in total. The van der Waals surface area contributed by atoms with Gasteiger partial charge in [-0.1, -0.05) is 6.42 Å². The van der Waals surface area contributed by atoms with Gasteiger partial charge in [0.25, 0.3) is 5.78 Å². The Morgan fingerprint density at radius 2 is 2.20 bits per heavy atom. The van der Waals surface area contributed by atoms with Crippen molar-refractivity contribution >= 4 is 11.7 Å².